The average molecular weight is 397 g/mol. The van der Waals surface area contributed by atoms with E-state index in [2.05, 4.69) is 31.6 Å². The molecule has 0 aliphatic carbocycles. The molecule has 0 fully saturated rings. The molecular weight excluding hydrogens is 378 g/mol. The number of amides is 1. The van der Waals surface area contributed by atoms with Crippen molar-refractivity contribution in [1.29, 1.82) is 0 Å². The summed E-state index contributed by atoms with van der Waals surface area (Å²) in [7, 11) is 1.60. The molecule has 0 aliphatic rings. The van der Waals surface area contributed by atoms with Crippen molar-refractivity contribution in [1.82, 2.24) is 31.1 Å². The van der Waals surface area contributed by atoms with Gasteiger partial charge in [-0.25, -0.2) is 0 Å². The van der Waals surface area contributed by atoms with Crippen LogP contribution in [0.2, 0.25) is 0 Å². The molecule has 0 saturated carbocycles. The van der Waals surface area contributed by atoms with Crippen LogP contribution in [0.5, 0.6) is 5.75 Å². The van der Waals surface area contributed by atoms with Crippen LogP contribution in [0.25, 0.3) is 11.4 Å². The molecular formula is C18H19N7O2S. The Kier molecular flexibility index (Phi) is 6.12. The van der Waals surface area contributed by atoms with Crippen molar-refractivity contribution in [3.63, 3.8) is 0 Å². The number of benzene rings is 2. The van der Waals surface area contributed by atoms with Gasteiger partial charge in [0.2, 0.25) is 5.82 Å². The highest BCUT2D eigenvalue weighted by molar-refractivity contribution is 7.80. The first-order chi connectivity index (χ1) is 13.5. The Morgan fingerprint density at radius 1 is 1.11 bits per heavy atom. The molecule has 1 aromatic heterocycles. The lowest BCUT2D eigenvalue weighted by Gasteiger charge is -2.11. The Labute approximate surface area is 167 Å². The predicted octanol–water partition coefficient (Wildman–Crippen LogP) is 1.67. The molecule has 0 aliphatic heterocycles. The maximum atomic E-state index is 12.0. The Bertz CT molecular complexity index is 955. The number of rotatable bonds is 5. The van der Waals surface area contributed by atoms with Crippen molar-refractivity contribution < 1.29 is 9.53 Å². The van der Waals surface area contributed by atoms with Crippen molar-refractivity contribution >= 4 is 28.9 Å². The van der Waals surface area contributed by atoms with Crippen LogP contribution < -0.4 is 20.9 Å². The summed E-state index contributed by atoms with van der Waals surface area (Å²) in [4.78, 5) is 13.2. The normalized spacial score (nSPS) is 10.2. The fraction of sp³-hybridized carbons (Fsp3) is 0.167. The molecule has 9 nitrogen and oxygen atoms in total. The van der Waals surface area contributed by atoms with E-state index in [1.165, 1.54) is 4.80 Å². The summed E-state index contributed by atoms with van der Waals surface area (Å²) in [6.45, 7) is 1.89. The standard InChI is InChI=1S/C18H19N7O2S/c1-12-3-7-14(8-4-12)19-18(28)22-20-16(26)11-25-23-17(21-24-25)13-5-9-15(27-2)10-6-13/h3-10H,11H2,1-2H3,(H,20,26)(H2,19,22,28). The number of carbonyl (C=O) groups is 1. The SMILES string of the molecule is COc1ccc(-c2nnn(CC(=O)NNC(=S)Nc3ccc(C)cc3)n2)cc1. The van der Waals surface area contributed by atoms with Gasteiger partial charge in [-0.05, 0) is 60.8 Å². The van der Waals surface area contributed by atoms with Crippen molar-refractivity contribution in [3.8, 4) is 17.1 Å². The van der Waals surface area contributed by atoms with Crippen molar-refractivity contribution in [2.45, 2.75) is 13.5 Å². The van der Waals surface area contributed by atoms with Crippen LogP contribution in [0.4, 0.5) is 5.69 Å². The zero-order chi connectivity index (χ0) is 19.9. The molecule has 144 valence electrons. The minimum absolute atomic E-state index is 0.108. The second kappa shape index (κ2) is 8.91. The maximum Gasteiger partial charge on any atom is 0.262 e. The lowest BCUT2D eigenvalue weighted by Crippen LogP contribution is -2.45. The Morgan fingerprint density at radius 2 is 1.82 bits per heavy atom. The predicted molar refractivity (Wildman–Crippen MR) is 108 cm³/mol. The van der Waals surface area contributed by atoms with E-state index in [4.69, 9.17) is 17.0 Å². The maximum absolute atomic E-state index is 12.0. The third-order valence-electron chi connectivity index (χ3n) is 3.71. The lowest BCUT2D eigenvalue weighted by atomic mass is 10.2. The monoisotopic (exact) mass is 397 g/mol. The van der Waals surface area contributed by atoms with Gasteiger partial charge in [0.15, 0.2) is 5.11 Å². The molecule has 0 saturated heterocycles. The van der Waals surface area contributed by atoms with Crippen LogP contribution in [0.3, 0.4) is 0 Å². The number of carbonyl (C=O) groups excluding carboxylic acids is 1. The number of hydrogen-bond donors (Lipinski definition) is 3. The number of methoxy groups -OCH3 is 1. The third kappa shape index (κ3) is 5.24. The van der Waals surface area contributed by atoms with Gasteiger partial charge in [-0.3, -0.25) is 15.6 Å². The number of nitrogens with zero attached hydrogens (tertiary/aromatic N) is 4. The van der Waals surface area contributed by atoms with E-state index < -0.39 is 0 Å². The molecule has 10 heteroatoms. The minimum Gasteiger partial charge on any atom is -0.497 e. The van der Waals surface area contributed by atoms with E-state index >= 15 is 0 Å². The van der Waals surface area contributed by atoms with Gasteiger partial charge in [0, 0.05) is 11.3 Å². The Balaban J connectivity index is 1.48. The molecule has 3 rings (SSSR count). The van der Waals surface area contributed by atoms with E-state index in [1.54, 1.807) is 19.2 Å². The largest absolute Gasteiger partial charge is 0.497 e. The molecule has 3 N–H and O–H groups in total. The fourth-order valence-electron chi connectivity index (χ4n) is 2.26. The topological polar surface area (TPSA) is 106 Å². The summed E-state index contributed by atoms with van der Waals surface area (Å²) < 4.78 is 5.11. The number of ether oxygens (including phenoxy) is 1. The Morgan fingerprint density at radius 3 is 2.50 bits per heavy atom. The van der Waals surface area contributed by atoms with Gasteiger partial charge in [-0.1, -0.05) is 17.7 Å². The number of aryl methyl sites for hydroxylation is 1. The molecule has 0 atom stereocenters. The van der Waals surface area contributed by atoms with Crippen LogP contribution in [-0.2, 0) is 11.3 Å². The number of aromatic nitrogens is 4. The van der Waals surface area contributed by atoms with E-state index in [1.807, 2.05) is 43.3 Å². The van der Waals surface area contributed by atoms with Crippen LogP contribution in [0.1, 0.15) is 5.56 Å². The Hall–Kier alpha value is -3.53. The van der Waals surface area contributed by atoms with E-state index in [-0.39, 0.29) is 17.6 Å². The second-order valence-corrected chi connectivity index (χ2v) is 6.27. The van der Waals surface area contributed by atoms with E-state index in [0.717, 1.165) is 22.6 Å². The van der Waals surface area contributed by atoms with Gasteiger partial charge in [-0.2, -0.15) is 4.80 Å². The molecule has 1 heterocycles. The number of anilines is 1. The van der Waals surface area contributed by atoms with E-state index in [0.29, 0.717) is 5.82 Å². The number of hydrogen-bond acceptors (Lipinski definition) is 6. The van der Waals surface area contributed by atoms with Crippen LogP contribution in [-0.4, -0.2) is 38.3 Å². The first kappa shape index (κ1) is 19.2. The first-order valence-electron chi connectivity index (χ1n) is 8.38. The minimum atomic E-state index is -0.369. The van der Waals surface area contributed by atoms with Gasteiger partial charge in [0.1, 0.15) is 12.3 Å². The molecule has 2 aromatic carbocycles. The molecule has 0 unspecified atom stereocenters. The van der Waals surface area contributed by atoms with Gasteiger partial charge >= 0.3 is 0 Å². The molecule has 0 radical (unpaired) electrons. The molecule has 0 bridgehead atoms. The molecule has 1 amide bonds. The molecule has 3 aromatic rings. The zero-order valence-electron chi connectivity index (χ0n) is 15.3. The van der Waals surface area contributed by atoms with Crippen LogP contribution in [0.15, 0.2) is 48.5 Å². The fourth-order valence-corrected chi connectivity index (χ4v) is 2.43. The lowest BCUT2D eigenvalue weighted by molar-refractivity contribution is -0.122. The highest BCUT2D eigenvalue weighted by atomic mass is 32.1. The number of thiocarbonyl (C=S) groups is 1. The van der Waals surface area contributed by atoms with Crippen molar-refractivity contribution in [3.05, 3.63) is 54.1 Å². The quantitative estimate of drug-likeness (QED) is 0.441. The summed E-state index contributed by atoms with van der Waals surface area (Å²) >= 11 is 5.14. The summed E-state index contributed by atoms with van der Waals surface area (Å²) in [5.74, 6) is 0.781. The average Bonchev–Trinajstić information content (AvgIpc) is 3.16. The third-order valence-corrected chi connectivity index (χ3v) is 3.92. The van der Waals surface area contributed by atoms with Gasteiger partial charge in [-0.15, -0.1) is 10.2 Å². The van der Waals surface area contributed by atoms with Gasteiger partial charge < -0.3 is 10.1 Å². The summed E-state index contributed by atoms with van der Waals surface area (Å²) in [5, 5.41) is 15.3. The smallest absolute Gasteiger partial charge is 0.262 e. The summed E-state index contributed by atoms with van der Waals surface area (Å²) in [5.41, 5.74) is 7.86. The summed E-state index contributed by atoms with van der Waals surface area (Å²) in [6, 6.07) is 14.9. The molecule has 0 spiro atoms. The van der Waals surface area contributed by atoms with Crippen molar-refractivity contribution in [2.75, 3.05) is 12.4 Å². The second-order valence-electron chi connectivity index (χ2n) is 5.87. The van der Waals surface area contributed by atoms with Gasteiger partial charge in [0.05, 0.1) is 7.11 Å². The van der Waals surface area contributed by atoms with E-state index in [9.17, 15) is 4.79 Å². The summed E-state index contributed by atoms with van der Waals surface area (Å²) in [6.07, 6.45) is 0. The van der Waals surface area contributed by atoms with Gasteiger partial charge in [0.25, 0.3) is 5.91 Å². The highest BCUT2D eigenvalue weighted by Gasteiger charge is 2.10. The number of nitrogens with one attached hydrogen (secondary N) is 3. The van der Waals surface area contributed by atoms with Crippen molar-refractivity contribution in [2.24, 2.45) is 0 Å². The highest BCUT2D eigenvalue weighted by Crippen LogP contribution is 2.18. The van der Waals surface area contributed by atoms with Crippen LogP contribution >= 0.6 is 12.2 Å². The number of hydrazine groups is 1. The zero-order valence-corrected chi connectivity index (χ0v) is 16.2. The first-order valence-corrected chi connectivity index (χ1v) is 8.79. The molecule has 28 heavy (non-hydrogen) atoms. The van der Waals surface area contributed by atoms with Crippen LogP contribution in [0, 0.1) is 6.92 Å². The number of tetrazole rings is 1.